The standard InChI is InChI=1S/C9H8BrO5.K/c1-5(3-10)8(12)14-4-6-2-7(11)15-9(6)13;/h4,6H,1-3H2;/q-1;+1. The summed E-state index contributed by atoms with van der Waals surface area (Å²) in [6, 6.07) is 0. The van der Waals surface area contributed by atoms with Crippen LogP contribution in [0.4, 0.5) is 0 Å². The third kappa shape index (κ3) is 4.76. The molecule has 16 heavy (non-hydrogen) atoms. The van der Waals surface area contributed by atoms with Crippen molar-refractivity contribution >= 4 is 33.8 Å². The van der Waals surface area contributed by atoms with E-state index in [2.05, 4.69) is 32.0 Å². The van der Waals surface area contributed by atoms with E-state index in [9.17, 15) is 14.4 Å². The summed E-state index contributed by atoms with van der Waals surface area (Å²) in [6.45, 7) is 4.43. The fourth-order valence-electron chi connectivity index (χ4n) is 0.878. The van der Waals surface area contributed by atoms with Gasteiger partial charge in [-0.15, -0.1) is 6.61 Å². The van der Waals surface area contributed by atoms with Gasteiger partial charge >= 0.3 is 63.3 Å². The molecule has 82 valence electrons. The number of esters is 3. The van der Waals surface area contributed by atoms with Crippen LogP contribution in [0.3, 0.4) is 0 Å². The van der Waals surface area contributed by atoms with Gasteiger partial charge < -0.3 is 9.47 Å². The average molecular weight is 315 g/mol. The Morgan fingerprint density at radius 2 is 2.25 bits per heavy atom. The second kappa shape index (κ2) is 7.73. The first kappa shape index (κ1) is 16.5. The van der Waals surface area contributed by atoms with E-state index in [1.165, 1.54) is 0 Å². The normalized spacial score (nSPS) is 18.7. The summed E-state index contributed by atoms with van der Waals surface area (Å²) in [7, 11) is 0. The molecule has 0 bridgehead atoms. The number of hydrogen-bond acceptors (Lipinski definition) is 5. The first-order valence-corrected chi connectivity index (χ1v) is 5.19. The molecule has 7 heteroatoms. The summed E-state index contributed by atoms with van der Waals surface area (Å²) in [5.41, 5.74) is 0.226. The molecule has 1 fully saturated rings. The minimum atomic E-state index is -0.801. The van der Waals surface area contributed by atoms with Crippen LogP contribution >= 0.6 is 15.9 Å². The molecule has 1 aliphatic heterocycles. The van der Waals surface area contributed by atoms with Crippen LogP contribution in [0.5, 0.6) is 0 Å². The quantitative estimate of drug-likeness (QED) is 0.146. The number of halogens is 1. The smallest absolute Gasteiger partial charge is 0.633 e. The van der Waals surface area contributed by atoms with Crippen molar-refractivity contribution in [2.45, 2.75) is 6.42 Å². The predicted molar refractivity (Wildman–Crippen MR) is 52.5 cm³/mol. The van der Waals surface area contributed by atoms with Crippen LogP contribution in [0.1, 0.15) is 6.42 Å². The Hall–Kier alpha value is 0.466. The molecule has 1 heterocycles. The third-order valence-corrected chi connectivity index (χ3v) is 2.37. The minimum absolute atomic E-state index is 0. The van der Waals surface area contributed by atoms with E-state index in [1.54, 1.807) is 0 Å². The average Bonchev–Trinajstić information content (AvgIpc) is 2.52. The van der Waals surface area contributed by atoms with E-state index in [-0.39, 0.29) is 68.7 Å². The van der Waals surface area contributed by atoms with Gasteiger partial charge in [0.2, 0.25) is 0 Å². The van der Waals surface area contributed by atoms with Crippen LogP contribution in [0.2, 0.25) is 0 Å². The maximum absolute atomic E-state index is 11.1. The van der Waals surface area contributed by atoms with E-state index in [0.29, 0.717) is 0 Å². The number of rotatable bonds is 4. The maximum Gasteiger partial charge on any atom is 1.00 e. The van der Waals surface area contributed by atoms with E-state index in [1.807, 2.05) is 0 Å². The number of carbonyl (C=O) groups excluding carboxylic acids is 3. The SMILES string of the molecule is C=C(CBr)C(=O)O[CH-]C1CC(=O)OC1=O.[K+]. The monoisotopic (exact) mass is 314 g/mol. The summed E-state index contributed by atoms with van der Waals surface area (Å²) >= 11 is 3.03. The Labute approximate surface area is 143 Å². The van der Waals surface area contributed by atoms with Crippen LogP contribution < -0.4 is 51.4 Å². The van der Waals surface area contributed by atoms with Gasteiger partial charge in [-0.2, -0.15) is 0 Å². The number of cyclic esters (lactones) is 2. The van der Waals surface area contributed by atoms with Gasteiger partial charge in [-0.25, -0.2) is 4.79 Å². The van der Waals surface area contributed by atoms with Gasteiger partial charge in [-0.1, -0.05) is 22.5 Å². The molecular formula is C9H8BrKO5. The van der Waals surface area contributed by atoms with Crippen molar-refractivity contribution < 1.29 is 75.2 Å². The largest absolute Gasteiger partial charge is 1.00 e. The van der Waals surface area contributed by atoms with Crippen LogP contribution in [-0.4, -0.2) is 23.2 Å². The molecule has 0 aromatic carbocycles. The van der Waals surface area contributed by atoms with Crippen molar-refractivity contribution in [2.24, 2.45) is 5.92 Å². The second-order valence-corrected chi connectivity index (χ2v) is 3.44. The van der Waals surface area contributed by atoms with Gasteiger partial charge in [0.25, 0.3) is 5.97 Å². The fourth-order valence-corrected chi connectivity index (χ4v) is 1.11. The van der Waals surface area contributed by atoms with Crippen LogP contribution in [0, 0.1) is 12.5 Å². The zero-order valence-electron chi connectivity index (χ0n) is 8.70. The van der Waals surface area contributed by atoms with Crippen LogP contribution in [0.25, 0.3) is 0 Å². The van der Waals surface area contributed by atoms with Crippen molar-refractivity contribution in [2.75, 3.05) is 5.33 Å². The van der Waals surface area contributed by atoms with Gasteiger partial charge in [0, 0.05) is 17.3 Å². The molecule has 0 saturated carbocycles. The number of hydrogen-bond donors (Lipinski definition) is 0. The summed E-state index contributed by atoms with van der Waals surface area (Å²) in [6.07, 6.45) is -0.0904. The predicted octanol–water partition coefficient (Wildman–Crippen LogP) is -2.26. The number of carbonyl (C=O) groups is 3. The van der Waals surface area contributed by atoms with Crippen molar-refractivity contribution in [3.8, 4) is 0 Å². The zero-order valence-corrected chi connectivity index (χ0v) is 13.4. The van der Waals surface area contributed by atoms with Gasteiger partial charge in [-0.3, -0.25) is 9.59 Å². The summed E-state index contributed by atoms with van der Waals surface area (Å²) in [5, 5.41) is 0.285. The first-order valence-electron chi connectivity index (χ1n) is 4.07. The molecule has 5 nitrogen and oxygen atoms in total. The van der Waals surface area contributed by atoms with E-state index in [0.717, 1.165) is 6.61 Å². The topological polar surface area (TPSA) is 69.7 Å². The Bertz CT molecular complexity index is 328. The zero-order chi connectivity index (χ0) is 11.4. The molecule has 0 aromatic rings. The summed E-state index contributed by atoms with van der Waals surface area (Å²) in [5.74, 6) is -2.75. The Balaban J connectivity index is 0.00000225. The van der Waals surface area contributed by atoms with Crippen molar-refractivity contribution in [3.63, 3.8) is 0 Å². The number of alkyl halides is 1. The van der Waals surface area contributed by atoms with Crippen molar-refractivity contribution in [1.29, 1.82) is 0 Å². The summed E-state index contributed by atoms with van der Waals surface area (Å²) < 4.78 is 8.91. The molecule has 0 radical (unpaired) electrons. The molecule has 1 saturated heterocycles. The fraction of sp³-hybridized carbons (Fsp3) is 0.333. The molecule has 1 rings (SSSR count). The Morgan fingerprint density at radius 1 is 1.62 bits per heavy atom. The van der Waals surface area contributed by atoms with Gasteiger partial charge in [0.1, 0.15) is 0 Å². The van der Waals surface area contributed by atoms with E-state index in [4.69, 9.17) is 0 Å². The second-order valence-electron chi connectivity index (χ2n) is 2.88. The Kier molecular flexibility index (Phi) is 7.95. The van der Waals surface area contributed by atoms with Crippen LogP contribution in [0.15, 0.2) is 12.2 Å². The molecule has 0 aliphatic carbocycles. The third-order valence-electron chi connectivity index (χ3n) is 1.69. The molecule has 0 N–H and O–H groups in total. The molecule has 1 atom stereocenters. The molecule has 0 amide bonds. The van der Waals surface area contributed by atoms with E-state index >= 15 is 0 Å². The summed E-state index contributed by atoms with van der Waals surface area (Å²) in [4.78, 5) is 32.7. The Morgan fingerprint density at radius 3 is 2.69 bits per heavy atom. The van der Waals surface area contributed by atoms with Crippen molar-refractivity contribution in [1.82, 2.24) is 0 Å². The van der Waals surface area contributed by atoms with Gasteiger partial charge in [0.15, 0.2) is 0 Å². The van der Waals surface area contributed by atoms with Crippen molar-refractivity contribution in [3.05, 3.63) is 18.8 Å². The molecular weight excluding hydrogens is 307 g/mol. The molecule has 0 spiro atoms. The van der Waals surface area contributed by atoms with Crippen LogP contribution in [-0.2, 0) is 23.9 Å². The molecule has 0 aromatic heterocycles. The maximum atomic E-state index is 11.1. The van der Waals surface area contributed by atoms with Gasteiger partial charge in [-0.05, 0) is 5.92 Å². The molecule has 1 unspecified atom stereocenters. The van der Waals surface area contributed by atoms with E-state index < -0.39 is 23.8 Å². The molecule has 1 aliphatic rings. The first-order chi connectivity index (χ1) is 7.04. The minimum Gasteiger partial charge on any atom is -0.633 e. The van der Waals surface area contributed by atoms with Gasteiger partial charge in [0.05, 0.1) is 0 Å². The number of ether oxygens (including phenoxy) is 2.